The molecule has 0 aromatic heterocycles. The second-order valence-corrected chi connectivity index (χ2v) is 5.99. The van der Waals surface area contributed by atoms with E-state index in [1.165, 1.54) is 6.92 Å². The van der Waals surface area contributed by atoms with Crippen LogP contribution in [0.3, 0.4) is 0 Å². The number of hydrogen-bond donors (Lipinski definition) is 3. The van der Waals surface area contributed by atoms with Crippen molar-refractivity contribution in [3.63, 3.8) is 0 Å². The van der Waals surface area contributed by atoms with Crippen LogP contribution in [0.4, 0.5) is 0 Å². The zero-order valence-corrected chi connectivity index (χ0v) is 11.9. The van der Waals surface area contributed by atoms with Crippen LogP contribution in [0.5, 0.6) is 0 Å². The third kappa shape index (κ3) is 3.02. The van der Waals surface area contributed by atoms with Crippen LogP contribution in [0.15, 0.2) is 30.3 Å². The Morgan fingerprint density at radius 3 is 2.45 bits per heavy atom. The summed E-state index contributed by atoms with van der Waals surface area (Å²) in [5, 5.41) is 21.7. The molecule has 4 heteroatoms. The third-order valence-corrected chi connectivity index (χ3v) is 4.19. The van der Waals surface area contributed by atoms with E-state index in [1.54, 1.807) is 0 Å². The SMILES string of the molecule is CC(O)(CO)CNC(=O)C1(c2ccccc2)CCCC1. The van der Waals surface area contributed by atoms with Gasteiger partial charge in [0.05, 0.1) is 12.0 Å². The van der Waals surface area contributed by atoms with Gasteiger partial charge in [0, 0.05) is 6.54 Å². The van der Waals surface area contributed by atoms with Crippen LogP contribution in [0.2, 0.25) is 0 Å². The normalized spacial score (nSPS) is 20.4. The van der Waals surface area contributed by atoms with E-state index in [0.717, 1.165) is 31.2 Å². The van der Waals surface area contributed by atoms with Crippen LogP contribution < -0.4 is 5.32 Å². The minimum absolute atomic E-state index is 0.0464. The molecule has 1 unspecified atom stereocenters. The minimum atomic E-state index is -1.27. The molecule has 0 spiro atoms. The van der Waals surface area contributed by atoms with Crippen molar-refractivity contribution in [1.29, 1.82) is 0 Å². The summed E-state index contributed by atoms with van der Waals surface area (Å²) in [6, 6.07) is 9.84. The number of aliphatic hydroxyl groups excluding tert-OH is 1. The molecule has 2 rings (SSSR count). The van der Waals surface area contributed by atoms with Crippen molar-refractivity contribution in [1.82, 2.24) is 5.32 Å². The summed E-state index contributed by atoms with van der Waals surface area (Å²) >= 11 is 0. The largest absolute Gasteiger partial charge is 0.393 e. The summed E-state index contributed by atoms with van der Waals surface area (Å²) in [7, 11) is 0. The molecule has 1 atom stereocenters. The van der Waals surface area contributed by atoms with Crippen molar-refractivity contribution in [2.45, 2.75) is 43.6 Å². The molecule has 1 saturated carbocycles. The Balaban J connectivity index is 2.15. The highest BCUT2D eigenvalue weighted by Gasteiger charge is 2.42. The first-order valence-corrected chi connectivity index (χ1v) is 7.17. The van der Waals surface area contributed by atoms with Crippen molar-refractivity contribution < 1.29 is 15.0 Å². The lowest BCUT2D eigenvalue weighted by atomic mass is 9.78. The maximum atomic E-state index is 12.6. The predicted octanol–water partition coefficient (Wildman–Crippen LogP) is 1.36. The molecule has 1 aromatic carbocycles. The van der Waals surface area contributed by atoms with Crippen molar-refractivity contribution in [2.24, 2.45) is 0 Å². The molecular weight excluding hydrogens is 254 g/mol. The van der Waals surface area contributed by atoms with Crippen molar-refractivity contribution >= 4 is 5.91 Å². The van der Waals surface area contributed by atoms with Gasteiger partial charge in [0.25, 0.3) is 0 Å². The Morgan fingerprint density at radius 1 is 1.30 bits per heavy atom. The molecule has 0 saturated heterocycles. The van der Waals surface area contributed by atoms with Crippen LogP contribution in [-0.2, 0) is 10.2 Å². The summed E-state index contributed by atoms with van der Waals surface area (Å²) in [6.45, 7) is 1.21. The van der Waals surface area contributed by atoms with Crippen molar-refractivity contribution in [3.05, 3.63) is 35.9 Å². The van der Waals surface area contributed by atoms with Gasteiger partial charge in [-0.15, -0.1) is 0 Å². The van der Waals surface area contributed by atoms with E-state index in [9.17, 15) is 9.90 Å². The first-order valence-electron chi connectivity index (χ1n) is 7.17. The predicted molar refractivity (Wildman–Crippen MR) is 77.3 cm³/mol. The van der Waals surface area contributed by atoms with E-state index in [-0.39, 0.29) is 19.1 Å². The molecule has 20 heavy (non-hydrogen) atoms. The van der Waals surface area contributed by atoms with Gasteiger partial charge < -0.3 is 15.5 Å². The Morgan fingerprint density at radius 2 is 1.90 bits per heavy atom. The zero-order valence-electron chi connectivity index (χ0n) is 11.9. The molecule has 1 aliphatic carbocycles. The second kappa shape index (κ2) is 5.94. The van der Waals surface area contributed by atoms with Gasteiger partial charge in [-0.05, 0) is 25.3 Å². The van der Waals surface area contributed by atoms with Gasteiger partial charge in [-0.3, -0.25) is 4.79 Å². The summed E-state index contributed by atoms with van der Waals surface area (Å²) in [4.78, 5) is 12.6. The molecule has 3 N–H and O–H groups in total. The van der Waals surface area contributed by atoms with Crippen LogP contribution in [0.25, 0.3) is 0 Å². The first-order chi connectivity index (χ1) is 9.50. The fourth-order valence-electron chi connectivity index (χ4n) is 2.88. The molecule has 1 aromatic rings. The summed E-state index contributed by atoms with van der Waals surface area (Å²) in [5.74, 6) is -0.0464. The Hall–Kier alpha value is -1.39. The molecule has 0 heterocycles. The van der Waals surface area contributed by atoms with Crippen LogP contribution in [0.1, 0.15) is 38.2 Å². The topological polar surface area (TPSA) is 69.6 Å². The van der Waals surface area contributed by atoms with Gasteiger partial charge in [0.2, 0.25) is 5.91 Å². The summed E-state index contributed by atoms with van der Waals surface area (Å²) in [5.41, 5.74) is -0.711. The van der Waals surface area contributed by atoms with E-state index in [4.69, 9.17) is 5.11 Å². The monoisotopic (exact) mass is 277 g/mol. The fraction of sp³-hybridized carbons (Fsp3) is 0.562. The zero-order chi connectivity index (χ0) is 14.6. The molecule has 0 bridgehead atoms. The summed E-state index contributed by atoms with van der Waals surface area (Å²) < 4.78 is 0. The number of carbonyl (C=O) groups excluding carboxylic acids is 1. The highest BCUT2D eigenvalue weighted by molar-refractivity contribution is 5.88. The molecule has 1 aliphatic rings. The van der Waals surface area contributed by atoms with Gasteiger partial charge >= 0.3 is 0 Å². The average molecular weight is 277 g/mol. The Labute approximate surface area is 119 Å². The maximum Gasteiger partial charge on any atom is 0.230 e. The summed E-state index contributed by atoms with van der Waals surface area (Å²) in [6.07, 6.45) is 3.76. The van der Waals surface area contributed by atoms with Crippen LogP contribution in [-0.4, -0.2) is 34.9 Å². The number of hydrogen-bond acceptors (Lipinski definition) is 3. The van der Waals surface area contributed by atoms with Crippen molar-refractivity contribution in [2.75, 3.05) is 13.2 Å². The third-order valence-electron chi connectivity index (χ3n) is 4.19. The van der Waals surface area contributed by atoms with Crippen LogP contribution >= 0.6 is 0 Å². The van der Waals surface area contributed by atoms with Gasteiger partial charge in [-0.2, -0.15) is 0 Å². The van der Waals surface area contributed by atoms with E-state index in [2.05, 4.69) is 5.32 Å². The maximum absolute atomic E-state index is 12.6. The molecule has 0 aliphatic heterocycles. The van der Waals surface area contributed by atoms with Gasteiger partial charge in [0.1, 0.15) is 5.60 Å². The standard InChI is InChI=1S/C16H23NO3/c1-15(20,12-18)11-17-14(19)16(9-5-6-10-16)13-7-3-2-4-8-13/h2-4,7-8,18,20H,5-6,9-12H2,1H3,(H,17,19). The number of benzene rings is 1. The van der Waals surface area contributed by atoms with E-state index >= 15 is 0 Å². The molecular formula is C16H23NO3. The molecule has 1 fully saturated rings. The smallest absolute Gasteiger partial charge is 0.230 e. The van der Waals surface area contributed by atoms with Gasteiger partial charge in [0.15, 0.2) is 0 Å². The number of carbonyl (C=O) groups is 1. The first kappa shape index (κ1) is 15.0. The Bertz CT molecular complexity index is 450. The molecule has 0 radical (unpaired) electrons. The van der Waals surface area contributed by atoms with E-state index < -0.39 is 11.0 Å². The number of amides is 1. The number of aliphatic hydroxyl groups is 2. The van der Waals surface area contributed by atoms with E-state index in [0.29, 0.717) is 0 Å². The van der Waals surface area contributed by atoms with Gasteiger partial charge in [-0.1, -0.05) is 43.2 Å². The van der Waals surface area contributed by atoms with Crippen molar-refractivity contribution in [3.8, 4) is 0 Å². The number of nitrogens with one attached hydrogen (secondary N) is 1. The van der Waals surface area contributed by atoms with Crippen LogP contribution in [0, 0.1) is 0 Å². The quantitative estimate of drug-likeness (QED) is 0.761. The molecule has 110 valence electrons. The number of rotatable bonds is 5. The lowest BCUT2D eigenvalue weighted by molar-refractivity contribution is -0.128. The fourth-order valence-corrected chi connectivity index (χ4v) is 2.88. The molecule has 1 amide bonds. The lowest BCUT2D eigenvalue weighted by Crippen LogP contribution is -2.49. The highest BCUT2D eigenvalue weighted by Crippen LogP contribution is 2.41. The molecule has 4 nitrogen and oxygen atoms in total. The highest BCUT2D eigenvalue weighted by atomic mass is 16.3. The van der Waals surface area contributed by atoms with Gasteiger partial charge in [-0.25, -0.2) is 0 Å². The second-order valence-electron chi connectivity index (χ2n) is 5.99. The lowest BCUT2D eigenvalue weighted by Gasteiger charge is -2.30. The Kier molecular flexibility index (Phi) is 4.45. The average Bonchev–Trinajstić information content (AvgIpc) is 2.97. The van der Waals surface area contributed by atoms with E-state index in [1.807, 2.05) is 30.3 Å². The minimum Gasteiger partial charge on any atom is -0.393 e.